The molecule has 0 radical (unpaired) electrons. The van der Waals surface area contributed by atoms with Gasteiger partial charge in [0.2, 0.25) is 0 Å². The molecular formula is C16H26N2OS. The van der Waals surface area contributed by atoms with E-state index >= 15 is 0 Å². The van der Waals surface area contributed by atoms with Gasteiger partial charge in [0, 0.05) is 31.1 Å². The molecule has 0 spiro atoms. The van der Waals surface area contributed by atoms with Crippen LogP contribution in [0.3, 0.4) is 0 Å². The van der Waals surface area contributed by atoms with Crippen molar-refractivity contribution in [3.8, 4) is 0 Å². The lowest BCUT2D eigenvalue weighted by molar-refractivity contribution is -0.0370. The Morgan fingerprint density at radius 3 is 2.70 bits per heavy atom. The summed E-state index contributed by atoms with van der Waals surface area (Å²) >= 11 is 1.79. The standard InChI is InChI=1S/C16H26N2OS/c1-17(2)9-8-15-13-18(10-11-19-15)12-14-4-6-16(20-3)7-5-14/h4-7,15H,8-13H2,1-3H3/t15-/m0/s1. The number of rotatable bonds is 6. The second-order valence-electron chi connectivity index (χ2n) is 5.67. The summed E-state index contributed by atoms with van der Waals surface area (Å²) in [5.74, 6) is 0. The molecule has 1 aliphatic rings. The molecule has 112 valence electrons. The summed E-state index contributed by atoms with van der Waals surface area (Å²) in [5, 5.41) is 0. The average molecular weight is 294 g/mol. The number of hydrogen-bond acceptors (Lipinski definition) is 4. The zero-order valence-electron chi connectivity index (χ0n) is 12.8. The van der Waals surface area contributed by atoms with Gasteiger partial charge in [-0.3, -0.25) is 4.90 Å². The SMILES string of the molecule is CSc1ccc(CN2CCO[C@@H](CCN(C)C)C2)cc1. The number of hydrogen-bond donors (Lipinski definition) is 0. The number of morpholine rings is 1. The predicted molar refractivity (Wildman–Crippen MR) is 86.4 cm³/mol. The highest BCUT2D eigenvalue weighted by Crippen LogP contribution is 2.17. The summed E-state index contributed by atoms with van der Waals surface area (Å²) in [7, 11) is 4.24. The molecule has 1 aliphatic heterocycles. The van der Waals surface area contributed by atoms with Crippen LogP contribution in [0.1, 0.15) is 12.0 Å². The maximum Gasteiger partial charge on any atom is 0.0714 e. The highest BCUT2D eigenvalue weighted by Gasteiger charge is 2.20. The van der Waals surface area contributed by atoms with E-state index in [1.807, 2.05) is 0 Å². The molecule has 0 N–H and O–H groups in total. The van der Waals surface area contributed by atoms with E-state index in [1.165, 1.54) is 10.5 Å². The Morgan fingerprint density at radius 1 is 1.30 bits per heavy atom. The van der Waals surface area contributed by atoms with Crippen LogP contribution < -0.4 is 0 Å². The topological polar surface area (TPSA) is 15.7 Å². The van der Waals surface area contributed by atoms with Crippen molar-refractivity contribution < 1.29 is 4.74 Å². The van der Waals surface area contributed by atoms with Crippen molar-refractivity contribution in [3.05, 3.63) is 29.8 Å². The third-order valence-electron chi connectivity index (χ3n) is 3.69. The van der Waals surface area contributed by atoms with Crippen molar-refractivity contribution in [2.45, 2.75) is 24.0 Å². The Morgan fingerprint density at radius 2 is 2.05 bits per heavy atom. The van der Waals surface area contributed by atoms with Gasteiger partial charge in [0.05, 0.1) is 12.7 Å². The lowest BCUT2D eigenvalue weighted by Crippen LogP contribution is -2.42. The molecule has 0 bridgehead atoms. The first kappa shape index (κ1) is 15.8. The van der Waals surface area contributed by atoms with Crippen LogP contribution in [0.25, 0.3) is 0 Å². The van der Waals surface area contributed by atoms with Gasteiger partial charge in [0.1, 0.15) is 0 Å². The molecule has 1 atom stereocenters. The molecule has 20 heavy (non-hydrogen) atoms. The van der Waals surface area contributed by atoms with Gasteiger partial charge in [-0.15, -0.1) is 11.8 Å². The number of nitrogens with zero attached hydrogens (tertiary/aromatic N) is 2. The molecule has 1 saturated heterocycles. The van der Waals surface area contributed by atoms with E-state index in [4.69, 9.17) is 4.74 Å². The van der Waals surface area contributed by atoms with Gasteiger partial charge in [-0.05, 0) is 44.5 Å². The summed E-state index contributed by atoms with van der Waals surface area (Å²) in [6.07, 6.45) is 3.62. The minimum atomic E-state index is 0.386. The Labute approximate surface area is 127 Å². The number of benzene rings is 1. The molecule has 4 heteroatoms. The zero-order valence-corrected chi connectivity index (χ0v) is 13.7. The maximum absolute atomic E-state index is 5.86. The fraction of sp³-hybridized carbons (Fsp3) is 0.625. The summed E-state index contributed by atoms with van der Waals surface area (Å²) < 4.78 is 5.86. The van der Waals surface area contributed by atoms with E-state index in [-0.39, 0.29) is 0 Å². The summed E-state index contributed by atoms with van der Waals surface area (Å²) in [6, 6.07) is 8.92. The van der Waals surface area contributed by atoms with Crippen LogP contribution in [0.15, 0.2) is 29.2 Å². The molecule has 0 saturated carbocycles. The second kappa shape index (κ2) is 8.03. The van der Waals surface area contributed by atoms with Gasteiger partial charge in [0.25, 0.3) is 0 Å². The number of ether oxygens (including phenoxy) is 1. The maximum atomic E-state index is 5.86. The fourth-order valence-electron chi connectivity index (χ4n) is 2.49. The predicted octanol–water partition coefficient (Wildman–Crippen LogP) is 2.56. The monoisotopic (exact) mass is 294 g/mol. The first-order valence-corrected chi connectivity index (χ1v) is 8.51. The van der Waals surface area contributed by atoms with Crippen LogP contribution in [-0.4, -0.2) is 62.5 Å². The molecule has 1 heterocycles. The summed E-state index contributed by atoms with van der Waals surface area (Å²) in [6.45, 7) is 5.10. The molecule has 0 aliphatic carbocycles. The molecule has 1 aromatic rings. The molecule has 0 unspecified atom stereocenters. The van der Waals surface area contributed by atoms with Crippen molar-refractivity contribution in [3.63, 3.8) is 0 Å². The third-order valence-corrected chi connectivity index (χ3v) is 4.43. The quantitative estimate of drug-likeness (QED) is 0.749. The zero-order chi connectivity index (χ0) is 14.4. The lowest BCUT2D eigenvalue weighted by Gasteiger charge is -2.33. The van der Waals surface area contributed by atoms with Crippen LogP contribution in [-0.2, 0) is 11.3 Å². The van der Waals surface area contributed by atoms with E-state index in [2.05, 4.69) is 54.4 Å². The lowest BCUT2D eigenvalue weighted by atomic mass is 10.1. The second-order valence-corrected chi connectivity index (χ2v) is 6.55. The van der Waals surface area contributed by atoms with Crippen molar-refractivity contribution >= 4 is 11.8 Å². The van der Waals surface area contributed by atoms with Gasteiger partial charge in [-0.25, -0.2) is 0 Å². The first-order chi connectivity index (χ1) is 9.67. The van der Waals surface area contributed by atoms with Gasteiger partial charge in [0.15, 0.2) is 0 Å². The Hall–Kier alpha value is -0.550. The highest BCUT2D eigenvalue weighted by atomic mass is 32.2. The molecule has 1 aromatic carbocycles. The normalized spacial score (nSPS) is 20.5. The Balaban J connectivity index is 1.82. The van der Waals surface area contributed by atoms with E-state index in [0.29, 0.717) is 6.10 Å². The highest BCUT2D eigenvalue weighted by molar-refractivity contribution is 7.98. The van der Waals surface area contributed by atoms with Crippen molar-refractivity contribution in [2.24, 2.45) is 0 Å². The van der Waals surface area contributed by atoms with E-state index in [9.17, 15) is 0 Å². The third kappa shape index (κ3) is 5.09. The molecule has 3 nitrogen and oxygen atoms in total. The summed E-state index contributed by atoms with van der Waals surface area (Å²) in [4.78, 5) is 6.07. The minimum absolute atomic E-state index is 0.386. The first-order valence-electron chi connectivity index (χ1n) is 7.29. The van der Waals surface area contributed by atoms with Gasteiger partial charge in [-0.2, -0.15) is 0 Å². The van der Waals surface area contributed by atoms with Crippen molar-refractivity contribution in [1.29, 1.82) is 0 Å². The van der Waals surface area contributed by atoms with Crippen LogP contribution in [0.4, 0.5) is 0 Å². The van der Waals surface area contributed by atoms with E-state index in [0.717, 1.165) is 39.2 Å². The molecular weight excluding hydrogens is 268 g/mol. The number of thioether (sulfide) groups is 1. The van der Waals surface area contributed by atoms with Crippen LogP contribution in [0.2, 0.25) is 0 Å². The van der Waals surface area contributed by atoms with Gasteiger partial charge < -0.3 is 9.64 Å². The van der Waals surface area contributed by atoms with E-state index < -0.39 is 0 Å². The average Bonchev–Trinajstić information content (AvgIpc) is 2.46. The fourth-order valence-corrected chi connectivity index (χ4v) is 2.90. The van der Waals surface area contributed by atoms with E-state index in [1.54, 1.807) is 11.8 Å². The summed E-state index contributed by atoms with van der Waals surface area (Å²) in [5.41, 5.74) is 1.40. The molecule has 0 amide bonds. The van der Waals surface area contributed by atoms with Crippen molar-refractivity contribution in [2.75, 3.05) is 46.6 Å². The van der Waals surface area contributed by atoms with Crippen LogP contribution >= 0.6 is 11.8 Å². The molecule has 2 rings (SSSR count). The van der Waals surface area contributed by atoms with Gasteiger partial charge in [-0.1, -0.05) is 12.1 Å². The Kier molecular flexibility index (Phi) is 6.36. The van der Waals surface area contributed by atoms with Gasteiger partial charge >= 0.3 is 0 Å². The Bertz CT molecular complexity index is 394. The van der Waals surface area contributed by atoms with Crippen molar-refractivity contribution in [1.82, 2.24) is 9.80 Å². The largest absolute Gasteiger partial charge is 0.376 e. The van der Waals surface area contributed by atoms with Crippen LogP contribution in [0, 0.1) is 0 Å². The smallest absolute Gasteiger partial charge is 0.0714 e. The van der Waals surface area contributed by atoms with Crippen LogP contribution in [0.5, 0.6) is 0 Å². The minimum Gasteiger partial charge on any atom is -0.376 e. The molecule has 0 aromatic heterocycles. The molecule has 1 fully saturated rings.